The van der Waals surface area contributed by atoms with Gasteiger partial charge in [-0.25, -0.2) is 4.89 Å². The van der Waals surface area contributed by atoms with E-state index in [9.17, 15) is 5.26 Å². The van der Waals surface area contributed by atoms with Crippen LogP contribution in [0.15, 0.2) is 60.2 Å². The number of benzene rings is 2. The van der Waals surface area contributed by atoms with Crippen LogP contribution in [0.3, 0.4) is 0 Å². The van der Waals surface area contributed by atoms with Crippen molar-refractivity contribution in [3.8, 4) is 11.1 Å². The molecule has 0 fully saturated rings. The van der Waals surface area contributed by atoms with Crippen molar-refractivity contribution in [1.29, 1.82) is 0 Å². The molecule has 1 aliphatic rings. The van der Waals surface area contributed by atoms with E-state index in [1.54, 1.807) is 7.11 Å². The Morgan fingerprint density at radius 3 is 2.56 bits per heavy atom. The number of allylic oxidation sites excluding steroid dienone is 3. The minimum Gasteiger partial charge on any atom is -0.377 e. The number of nitrogens with zero attached hydrogens (tertiary/aromatic N) is 1. The van der Waals surface area contributed by atoms with Gasteiger partial charge in [0.2, 0.25) is 0 Å². The summed E-state index contributed by atoms with van der Waals surface area (Å²) in [5, 5.41) is 10.6. The van der Waals surface area contributed by atoms with E-state index in [2.05, 4.69) is 98.7 Å². The highest BCUT2D eigenvalue weighted by Crippen LogP contribution is 2.41. The topological polar surface area (TPSA) is 43.6 Å². The molecule has 36 heavy (non-hydrogen) atoms. The molecule has 0 unspecified atom stereocenters. The third-order valence-corrected chi connectivity index (χ3v) is 7.57. The van der Waals surface area contributed by atoms with Crippen molar-refractivity contribution in [2.24, 2.45) is 5.41 Å². The zero-order valence-corrected chi connectivity index (χ0v) is 22.7. The molecule has 1 aromatic heterocycles. The van der Waals surface area contributed by atoms with Crippen LogP contribution < -0.4 is 0 Å². The van der Waals surface area contributed by atoms with Gasteiger partial charge in [-0.05, 0) is 90.5 Å². The van der Waals surface area contributed by atoms with Crippen LogP contribution in [0.4, 0.5) is 0 Å². The molecule has 1 aliphatic carbocycles. The summed E-state index contributed by atoms with van der Waals surface area (Å²) in [5.41, 5.74) is 10.0. The Hall–Kier alpha value is -2.66. The van der Waals surface area contributed by atoms with Crippen molar-refractivity contribution in [3.63, 3.8) is 0 Å². The molecule has 4 heteroatoms. The first-order valence-corrected chi connectivity index (χ1v) is 13.3. The summed E-state index contributed by atoms with van der Waals surface area (Å²) >= 11 is 0. The maximum absolute atomic E-state index is 9.31. The third-order valence-electron chi connectivity index (χ3n) is 7.57. The summed E-state index contributed by atoms with van der Waals surface area (Å²) in [6.07, 6.45) is 8.48. The minimum atomic E-state index is -0.236. The second kappa shape index (κ2) is 11.2. The Bertz CT molecular complexity index is 1280. The molecular weight excluding hydrogens is 446 g/mol. The molecule has 0 aliphatic heterocycles. The van der Waals surface area contributed by atoms with Crippen LogP contribution in [0.1, 0.15) is 64.3 Å². The van der Waals surface area contributed by atoms with Gasteiger partial charge in [-0.1, -0.05) is 63.3 Å². The predicted octanol–water partition coefficient (Wildman–Crippen LogP) is 8.09. The van der Waals surface area contributed by atoms with E-state index in [4.69, 9.17) is 4.74 Å². The van der Waals surface area contributed by atoms with Gasteiger partial charge >= 0.3 is 0 Å². The number of fused-ring (bicyclic) bond motifs is 1. The molecule has 0 bridgehead atoms. The van der Waals surface area contributed by atoms with Gasteiger partial charge in [-0.2, -0.15) is 0 Å². The van der Waals surface area contributed by atoms with Crippen molar-refractivity contribution in [2.75, 3.05) is 13.7 Å². The van der Waals surface area contributed by atoms with Crippen molar-refractivity contribution in [1.82, 2.24) is 4.57 Å². The van der Waals surface area contributed by atoms with Gasteiger partial charge in [0.25, 0.3) is 0 Å². The molecule has 2 aromatic carbocycles. The molecule has 0 radical (unpaired) electrons. The summed E-state index contributed by atoms with van der Waals surface area (Å²) in [6.45, 7) is 12.0. The van der Waals surface area contributed by atoms with Gasteiger partial charge < -0.3 is 9.30 Å². The Kier molecular flexibility index (Phi) is 8.19. The van der Waals surface area contributed by atoms with E-state index in [1.807, 2.05) is 0 Å². The first-order chi connectivity index (χ1) is 17.3. The average Bonchev–Trinajstić information content (AvgIpc) is 3.19. The number of methoxy groups -OCH3 is 1. The highest BCUT2D eigenvalue weighted by molar-refractivity contribution is 5.95. The minimum absolute atomic E-state index is 0.0576. The van der Waals surface area contributed by atoms with Crippen molar-refractivity contribution < 1.29 is 14.9 Å². The van der Waals surface area contributed by atoms with Crippen molar-refractivity contribution >= 4 is 16.5 Å². The second-order valence-electron chi connectivity index (χ2n) is 10.7. The maximum Gasteiger partial charge on any atom is 0.0873 e. The standard InChI is InChI=1S/C32H41NO3/c1-7-23-12-11-13-24(18-23)25-16-17-30-28(19-25)29(20-32(4,5)21-36-34)31(33(30)8-2)27-15-10-9-14-26(27)22(3)35-6/h10-13,15-19,22,34H,7-9,14,20-21H2,1-6H3/t22-/m0/s1. The molecule has 4 rings (SSSR count). The monoisotopic (exact) mass is 487 g/mol. The van der Waals surface area contributed by atoms with Crippen LogP contribution in [0.5, 0.6) is 0 Å². The predicted molar refractivity (Wildman–Crippen MR) is 150 cm³/mol. The molecule has 0 spiro atoms. The van der Waals surface area contributed by atoms with Gasteiger partial charge in [0.05, 0.1) is 18.4 Å². The quantitative estimate of drug-likeness (QED) is 0.232. The largest absolute Gasteiger partial charge is 0.377 e. The molecule has 1 atom stereocenters. The van der Waals surface area contributed by atoms with E-state index in [0.717, 1.165) is 32.2 Å². The molecule has 192 valence electrons. The van der Waals surface area contributed by atoms with Gasteiger partial charge in [0.1, 0.15) is 0 Å². The Morgan fingerprint density at radius 1 is 1.08 bits per heavy atom. The molecule has 0 saturated heterocycles. The summed E-state index contributed by atoms with van der Waals surface area (Å²) in [5.74, 6) is 0. The SMILES string of the molecule is CCc1cccc(-c2ccc3c(c2)c(CC(C)(C)COO)c(C2=C([C@H](C)OC)CCC=C2)n3CC)c1. The first kappa shape index (κ1) is 26.4. The van der Waals surface area contributed by atoms with Crippen LogP contribution in [0.25, 0.3) is 27.6 Å². The van der Waals surface area contributed by atoms with Crippen LogP contribution in [-0.2, 0) is 29.0 Å². The van der Waals surface area contributed by atoms with E-state index in [0.29, 0.717) is 0 Å². The van der Waals surface area contributed by atoms with Crippen molar-refractivity contribution in [3.05, 3.63) is 77.0 Å². The normalized spacial score (nSPS) is 15.2. The number of aryl methyl sites for hydroxylation is 2. The smallest absolute Gasteiger partial charge is 0.0873 e. The molecule has 3 aromatic rings. The molecule has 0 saturated carbocycles. The zero-order valence-electron chi connectivity index (χ0n) is 22.7. The Labute approximate surface area is 216 Å². The van der Waals surface area contributed by atoms with Gasteiger partial charge in [-0.3, -0.25) is 5.26 Å². The molecule has 0 amide bonds. The van der Waals surface area contributed by atoms with E-state index in [-0.39, 0.29) is 18.1 Å². The van der Waals surface area contributed by atoms with Crippen LogP contribution in [0, 0.1) is 5.41 Å². The number of ether oxygens (including phenoxy) is 1. The fourth-order valence-electron chi connectivity index (χ4n) is 5.57. The highest BCUT2D eigenvalue weighted by Gasteiger charge is 2.29. The fourth-order valence-corrected chi connectivity index (χ4v) is 5.57. The lowest BCUT2D eigenvalue weighted by atomic mass is 9.82. The van der Waals surface area contributed by atoms with Crippen LogP contribution in [0.2, 0.25) is 0 Å². The lowest BCUT2D eigenvalue weighted by molar-refractivity contribution is -0.259. The molecule has 1 heterocycles. The number of hydrogen-bond acceptors (Lipinski definition) is 3. The zero-order chi connectivity index (χ0) is 25.9. The van der Waals surface area contributed by atoms with Crippen LogP contribution >= 0.6 is 0 Å². The Balaban J connectivity index is 2.02. The van der Waals surface area contributed by atoms with E-state index < -0.39 is 0 Å². The van der Waals surface area contributed by atoms with Gasteiger partial charge in [-0.15, -0.1) is 0 Å². The number of aromatic nitrogens is 1. The summed E-state index contributed by atoms with van der Waals surface area (Å²) in [4.78, 5) is 4.65. The average molecular weight is 488 g/mol. The first-order valence-electron chi connectivity index (χ1n) is 13.3. The van der Waals surface area contributed by atoms with E-state index in [1.165, 1.54) is 50.0 Å². The highest BCUT2D eigenvalue weighted by atomic mass is 17.1. The maximum atomic E-state index is 9.31. The third kappa shape index (κ3) is 5.22. The lowest BCUT2D eigenvalue weighted by Crippen LogP contribution is -2.22. The second-order valence-corrected chi connectivity index (χ2v) is 10.7. The molecule has 1 N–H and O–H groups in total. The van der Waals surface area contributed by atoms with Gasteiger partial charge in [0, 0.05) is 24.6 Å². The van der Waals surface area contributed by atoms with Gasteiger partial charge in [0.15, 0.2) is 0 Å². The summed E-state index contributed by atoms with van der Waals surface area (Å²) < 4.78 is 8.27. The molecular formula is C32H41NO3. The summed E-state index contributed by atoms with van der Waals surface area (Å²) in [7, 11) is 1.79. The summed E-state index contributed by atoms with van der Waals surface area (Å²) in [6, 6.07) is 15.7. The number of hydrogen-bond donors (Lipinski definition) is 1. The lowest BCUT2D eigenvalue weighted by Gasteiger charge is -2.26. The number of rotatable bonds is 10. The molecule has 4 nitrogen and oxygen atoms in total. The fraction of sp³-hybridized carbons (Fsp3) is 0.438. The van der Waals surface area contributed by atoms with E-state index >= 15 is 0 Å². The van der Waals surface area contributed by atoms with Crippen molar-refractivity contribution in [2.45, 2.75) is 73.0 Å². The Morgan fingerprint density at radius 2 is 1.86 bits per heavy atom. The van der Waals surface area contributed by atoms with Crippen LogP contribution in [-0.4, -0.2) is 29.6 Å².